The number of nitrogens with zero attached hydrogens (tertiary/aromatic N) is 4. The number of alkyl halides is 3. The second kappa shape index (κ2) is 11.5. The fraction of sp³-hybridized carbons (Fsp3) is 0.500. The summed E-state index contributed by atoms with van der Waals surface area (Å²) >= 11 is 1.67. The average molecular weight is 453 g/mol. The molecule has 0 saturated carbocycles. The Kier molecular flexibility index (Phi) is 8.71. The highest BCUT2D eigenvalue weighted by Crippen LogP contribution is 2.33. The SMILES string of the molecule is COCCCc1cn(CCCCCCSc2ccnc3cc(C(F)(F)F)ccc23)nn1. The number of methoxy groups -OCH3 is 1. The molecule has 0 amide bonds. The zero-order chi connectivity index (χ0) is 22.1. The van der Waals surface area contributed by atoms with Gasteiger partial charge in [0.2, 0.25) is 0 Å². The van der Waals surface area contributed by atoms with Gasteiger partial charge in [0.05, 0.1) is 16.8 Å². The van der Waals surface area contributed by atoms with E-state index in [-0.39, 0.29) is 0 Å². The molecule has 168 valence electrons. The molecule has 31 heavy (non-hydrogen) atoms. The van der Waals surface area contributed by atoms with Crippen LogP contribution < -0.4 is 0 Å². The first-order valence-corrected chi connectivity index (χ1v) is 11.4. The fourth-order valence-electron chi connectivity index (χ4n) is 3.30. The van der Waals surface area contributed by atoms with Crippen molar-refractivity contribution in [3.8, 4) is 0 Å². The zero-order valence-electron chi connectivity index (χ0n) is 17.6. The van der Waals surface area contributed by atoms with Crippen molar-refractivity contribution in [3.05, 3.63) is 47.9 Å². The summed E-state index contributed by atoms with van der Waals surface area (Å²) in [6.07, 6.45) is 5.36. The number of aryl methyl sites for hydroxylation is 2. The van der Waals surface area contributed by atoms with Crippen LogP contribution in [0.25, 0.3) is 10.9 Å². The molecule has 0 N–H and O–H groups in total. The number of thioether (sulfide) groups is 1. The van der Waals surface area contributed by atoms with E-state index in [4.69, 9.17) is 4.74 Å². The molecule has 0 spiro atoms. The molecule has 2 heterocycles. The van der Waals surface area contributed by atoms with Crippen LogP contribution in [0.2, 0.25) is 0 Å². The molecule has 9 heteroatoms. The monoisotopic (exact) mass is 452 g/mol. The number of fused-ring (bicyclic) bond motifs is 1. The van der Waals surface area contributed by atoms with Gasteiger partial charge in [-0.25, -0.2) is 0 Å². The predicted octanol–water partition coefficient (Wildman–Crippen LogP) is 5.78. The van der Waals surface area contributed by atoms with Gasteiger partial charge in [-0.1, -0.05) is 24.1 Å². The third-order valence-corrected chi connectivity index (χ3v) is 6.10. The lowest BCUT2D eigenvalue weighted by Gasteiger charge is -2.10. The summed E-state index contributed by atoms with van der Waals surface area (Å²) in [5, 5.41) is 9.12. The van der Waals surface area contributed by atoms with E-state index < -0.39 is 11.7 Å². The molecule has 0 saturated heterocycles. The Balaban J connectivity index is 1.37. The van der Waals surface area contributed by atoms with E-state index in [0.29, 0.717) is 5.52 Å². The van der Waals surface area contributed by atoms with Crippen molar-refractivity contribution in [2.24, 2.45) is 0 Å². The quantitative estimate of drug-likeness (QED) is 0.258. The zero-order valence-corrected chi connectivity index (χ0v) is 18.4. The lowest BCUT2D eigenvalue weighted by atomic mass is 10.1. The summed E-state index contributed by atoms with van der Waals surface area (Å²) in [5.74, 6) is 0.924. The number of benzene rings is 1. The molecular formula is C22H27F3N4OS. The summed E-state index contributed by atoms with van der Waals surface area (Å²) < 4.78 is 45.6. The van der Waals surface area contributed by atoms with E-state index in [2.05, 4.69) is 15.3 Å². The van der Waals surface area contributed by atoms with Crippen molar-refractivity contribution in [2.75, 3.05) is 19.5 Å². The van der Waals surface area contributed by atoms with Crippen LogP contribution in [-0.4, -0.2) is 39.4 Å². The van der Waals surface area contributed by atoms with E-state index in [1.54, 1.807) is 25.1 Å². The first kappa shape index (κ1) is 23.5. The smallest absolute Gasteiger partial charge is 0.385 e. The molecule has 3 aromatic rings. The third kappa shape index (κ3) is 7.21. The molecule has 0 atom stereocenters. The number of aromatic nitrogens is 4. The third-order valence-electron chi connectivity index (χ3n) is 4.94. The van der Waals surface area contributed by atoms with Gasteiger partial charge in [0.1, 0.15) is 0 Å². The number of halogens is 3. The van der Waals surface area contributed by atoms with E-state index in [0.717, 1.165) is 85.5 Å². The van der Waals surface area contributed by atoms with Gasteiger partial charge in [-0.15, -0.1) is 16.9 Å². The lowest BCUT2D eigenvalue weighted by Crippen LogP contribution is -2.04. The first-order valence-electron chi connectivity index (χ1n) is 10.4. The fourth-order valence-corrected chi connectivity index (χ4v) is 4.35. The maximum Gasteiger partial charge on any atom is 0.416 e. The molecule has 2 aromatic heterocycles. The molecule has 0 aliphatic carbocycles. The van der Waals surface area contributed by atoms with Crippen LogP contribution in [0, 0.1) is 0 Å². The first-order chi connectivity index (χ1) is 15.0. The molecule has 0 fully saturated rings. The van der Waals surface area contributed by atoms with Crippen molar-refractivity contribution < 1.29 is 17.9 Å². The van der Waals surface area contributed by atoms with Crippen LogP contribution in [0.1, 0.15) is 43.4 Å². The van der Waals surface area contributed by atoms with Crippen LogP contribution in [0.4, 0.5) is 13.2 Å². The average Bonchev–Trinajstić information content (AvgIpc) is 3.20. The number of hydrogen-bond acceptors (Lipinski definition) is 5. The summed E-state index contributed by atoms with van der Waals surface area (Å²) in [4.78, 5) is 5.08. The van der Waals surface area contributed by atoms with Crippen LogP contribution >= 0.6 is 11.8 Å². The summed E-state index contributed by atoms with van der Waals surface area (Å²) in [7, 11) is 1.70. The minimum atomic E-state index is -4.35. The maximum atomic E-state index is 12.9. The standard InChI is InChI=1S/C22H27F3N4OS/c1-30-13-6-7-18-16-29(28-27-18)12-4-2-3-5-14-31-21-10-11-26-20-15-17(22(23,24)25)8-9-19(20)21/h8-11,15-16H,2-7,12-14H2,1H3. The lowest BCUT2D eigenvalue weighted by molar-refractivity contribution is -0.137. The summed E-state index contributed by atoms with van der Waals surface area (Å²) in [5.41, 5.74) is 0.721. The van der Waals surface area contributed by atoms with Gasteiger partial charge in [0, 0.05) is 42.9 Å². The minimum absolute atomic E-state index is 0.384. The van der Waals surface area contributed by atoms with Crippen molar-refractivity contribution >= 4 is 22.7 Å². The second-order valence-electron chi connectivity index (χ2n) is 7.37. The summed E-state index contributed by atoms with van der Waals surface area (Å²) in [6, 6.07) is 5.64. The Morgan fingerprint density at radius 3 is 2.71 bits per heavy atom. The van der Waals surface area contributed by atoms with Gasteiger partial charge in [-0.2, -0.15) is 13.2 Å². The highest BCUT2D eigenvalue weighted by molar-refractivity contribution is 7.99. The van der Waals surface area contributed by atoms with Gasteiger partial charge < -0.3 is 4.74 Å². The largest absolute Gasteiger partial charge is 0.416 e. The summed E-state index contributed by atoms with van der Waals surface area (Å²) in [6.45, 7) is 1.59. The van der Waals surface area contributed by atoms with Crippen LogP contribution in [0.5, 0.6) is 0 Å². The van der Waals surface area contributed by atoms with Gasteiger partial charge in [-0.3, -0.25) is 9.67 Å². The Labute approximate surface area is 184 Å². The molecular weight excluding hydrogens is 425 g/mol. The van der Waals surface area contributed by atoms with E-state index >= 15 is 0 Å². The van der Waals surface area contributed by atoms with Gasteiger partial charge in [0.15, 0.2) is 0 Å². The van der Waals surface area contributed by atoms with Gasteiger partial charge in [0.25, 0.3) is 0 Å². The molecule has 3 rings (SSSR count). The highest BCUT2D eigenvalue weighted by atomic mass is 32.2. The van der Waals surface area contributed by atoms with Crippen molar-refractivity contribution in [1.29, 1.82) is 0 Å². The second-order valence-corrected chi connectivity index (χ2v) is 8.51. The predicted molar refractivity (Wildman–Crippen MR) is 116 cm³/mol. The van der Waals surface area contributed by atoms with Crippen molar-refractivity contribution in [2.45, 2.75) is 56.1 Å². The molecule has 0 unspecified atom stereocenters. The van der Waals surface area contributed by atoms with Gasteiger partial charge >= 0.3 is 6.18 Å². The van der Waals surface area contributed by atoms with Crippen LogP contribution in [0.15, 0.2) is 41.6 Å². The minimum Gasteiger partial charge on any atom is -0.385 e. The van der Waals surface area contributed by atoms with E-state index in [1.807, 2.05) is 16.9 Å². The topological polar surface area (TPSA) is 52.8 Å². The number of rotatable bonds is 12. The molecule has 0 aliphatic rings. The Bertz CT molecular complexity index is 961. The normalized spacial score (nSPS) is 12.0. The number of pyridine rings is 1. The Morgan fingerprint density at radius 1 is 1.06 bits per heavy atom. The molecule has 0 radical (unpaired) electrons. The number of hydrogen-bond donors (Lipinski definition) is 0. The Morgan fingerprint density at radius 2 is 1.90 bits per heavy atom. The number of unbranched alkanes of at least 4 members (excludes halogenated alkanes) is 3. The Hall–Kier alpha value is -2.13. The molecule has 1 aromatic carbocycles. The highest BCUT2D eigenvalue weighted by Gasteiger charge is 2.30. The maximum absolute atomic E-state index is 12.9. The number of ether oxygens (including phenoxy) is 1. The van der Waals surface area contributed by atoms with Crippen molar-refractivity contribution in [3.63, 3.8) is 0 Å². The van der Waals surface area contributed by atoms with E-state index in [9.17, 15) is 13.2 Å². The van der Waals surface area contributed by atoms with Crippen molar-refractivity contribution in [1.82, 2.24) is 20.0 Å². The van der Waals surface area contributed by atoms with Gasteiger partial charge in [-0.05, 0) is 49.6 Å². The molecule has 0 aliphatic heterocycles. The van der Waals surface area contributed by atoms with Crippen LogP contribution in [0.3, 0.4) is 0 Å². The van der Waals surface area contributed by atoms with Crippen LogP contribution in [-0.2, 0) is 23.9 Å². The molecule has 0 bridgehead atoms. The molecule has 5 nitrogen and oxygen atoms in total. The van der Waals surface area contributed by atoms with E-state index in [1.165, 1.54) is 6.07 Å².